The van der Waals surface area contributed by atoms with Gasteiger partial charge in [-0.1, -0.05) is 13.0 Å². The molecule has 0 spiro atoms. The lowest BCUT2D eigenvalue weighted by Crippen LogP contribution is -2.50. The molecule has 8 heteroatoms. The zero-order chi connectivity index (χ0) is 19.0. The number of carbonyl (C=O) groups excluding carboxylic acids is 1. The first-order chi connectivity index (χ1) is 12.9. The summed E-state index contributed by atoms with van der Waals surface area (Å²) < 4.78 is 32.6. The normalized spacial score (nSPS) is 23.8. The van der Waals surface area contributed by atoms with E-state index in [9.17, 15) is 13.2 Å². The Hall–Kier alpha value is -1.90. The molecule has 2 fully saturated rings. The van der Waals surface area contributed by atoms with Gasteiger partial charge in [0, 0.05) is 38.2 Å². The van der Waals surface area contributed by atoms with Crippen molar-refractivity contribution < 1.29 is 17.6 Å². The lowest BCUT2D eigenvalue weighted by Gasteiger charge is -2.33. The van der Waals surface area contributed by atoms with Crippen LogP contribution < -0.4 is 0 Å². The second-order valence-corrected chi connectivity index (χ2v) is 10.2. The predicted octanol–water partition coefficient (Wildman–Crippen LogP) is 3.01. The molecule has 2 atom stereocenters. The fourth-order valence-corrected chi connectivity index (χ4v) is 5.89. The summed E-state index contributed by atoms with van der Waals surface area (Å²) in [7, 11) is -3.45. The first-order valence-corrected chi connectivity index (χ1v) is 11.4. The Kier molecular flexibility index (Phi) is 4.96. The molecule has 0 N–H and O–H groups in total. The molecular weight excluding hydrogens is 384 g/mol. The van der Waals surface area contributed by atoms with Gasteiger partial charge in [-0.2, -0.15) is 4.31 Å². The van der Waals surface area contributed by atoms with E-state index in [1.807, 2.05) is 12.1 Å². The predicted molar refractivity (Wildman–Crippen MR) is 104 cm³/mol. The van der Waals surface area contributed by atoms with Crippen LogP contribution in [0.15, 0.2) is 44.3 Å². The first kappa shape index (κ1) is 18.5. The van der Waals surface area contributed by atoms with Gasteiger partial charge in [0.05, 0.1) is 0 Å². The lowest BCUT2D eigenvalue weighted by molar-refractivity contribution is -0.127. The van der Waals surface area contributed by atoms with Gasteiger partial charge in [-0.05, 0) is 42.0 Å². The van der Waals surface area contributed by atoms with E-state index in [1.54, 1.807) is 28.5 Å². The van der Waals surface area contributed by atoms with E-state index in [4.69, 9.17) is 4.42 Å². The van der Waals surface area contributed by atoms with Gasteiger partial charge in [-0.15, -0.1) is 11.3 Å². The Bertz CT molecular complexity index is 938. The fourth-order valence-electron chi connectivity index (χ4n) is 3.32. The van der Waals surface area contributed by atoms with Crippen LogP contribution >= 0.6 is 11.3 Å². The van der Waals surface area contributed by atoms with Crippen molar-refractivity contribution in [2.75, 3.05) is 26.2 Å². The number of carbonyl (C=O) groups is 1. The van der Waals surface area contributed by atoms with Crippen molar-refractivity contribution >= 4 is 33.3 Å². The average molecular weight is 407 g/mol. The highest BCUT2D eigenvalue weighted by Crippen LogP contribution is 2.47. The van der Waals surface area contributed by atoms with Gasteiger partial charge in [-0.25, -0.2) is 8.42 Å². The highest BCUT2D eigenvalue weighted by molar-refractivity contribution is 7.91. The summed E-state index contributed by atoms with van der Waals surface area (Å²) in [6.07, 6.45) is 4.35. The van der Waals surface area contributed by atoms with Crippen LogP contribution in [0, 0.1) is 5.92 Å². The molecule has 0 aromatic carbocycles. The Labute approximate surface area is 163 Å². The minimum atomic E-state index is -3.45. The summed E-state index contributed by atoms with van der Waals surface area (Å²) in [5.41, 5.74) is 0. The summed E-state index contributed by atoms with van der Waals surface area (Å²) in [6, 6.07) is 7.20. The molecule has 1 saturated heterocycles. The van der Waals surface area contributed by atoms with Crippen molar-refractivity contribution in [2.45, 2.75) is 23.5 Å². The number of furan rings is 1. The van der Waals surface area contributed by atoms with Crippen LogP contribution in [0.1, 0.15) is 30.8 Å². The minimum absolute atomic E-state index is 0.124. The van der Waals surface area contributed by atoms with E-state index in [0.29, 0.717) is 48.0 Å². The van der Waals surface area contributed by atoms with Crippen molar-refractivity contribution in [1.29, 1.82) is 0 Å². The third kappa shape index (κ3) is 3.88. The first-order valence-electron chi connectivity index (χ1n) is 9.05. The van der Waals surface area contributed by atoms with E-state index in [1.165, 1.54) is 21.7 Å². The van der Waals surface area contributed by atoms with Crippen LogP contribution in [0.25, 0.3) is 6.08 Å². The molecule has 0 unspecified atom stereocenters. The Morgan fingerprint density at radius 3 is 2.59 bits per heavy atom. The molecule has 2 aliphatic rings. The van der Waals surface area contributed by atoms with E-state index < -0.39 is 10.0 Å². The van der Waals surface area contributed by atoms with E-state index in [0.717, 1.165) is 12.2 Å². The molecule has 6 nitrogen and oxygen atoms in total. The van der Waals surface area contributed by atoms with Crippen molar-refractivity contribution in [3.05, 3.63) is 47.2 Å². The zero-order valence-corrected chi connectivity index (χ0v) is 16.7. The van der Waals surface area contributed by atoms with Crippen molar-refractivity contribution in [3.8, 4) is 0 Å². The molecule has 1 aliphatic heterocycles. The molecule has 4 rings (SSSR count). The summed E-state index contributed by atoms with van der Waals surface area (Å²) in [5, 5.41) is 1.75. The Morgan fingerprint density at radius 1 is 1.22 bits per heavy atom. The van der Waals surface area contributed by atoms with Crippen LogP contribution in [0.2, 0.25) is 0 Å². The van der Waals surface area contributed by atoms with Crippen LogP contribution in [0.5, 0.6) is 0 Å². The number of rotatable bonds is 5. The third-order valence-corrected chi connectivity index (χ3v) is 8.42. The molecular formula is C19H22N2O4S2. The molecule has 1 saturated carbocycles. The van der Waals surface area contributed by atoms with Gasteiger partial charge in [0.2, 0.25) is 5.91 Å². The minimum Gasteiger partial charge on any atom is -0.461 e. The van der Waals surface area contributed by atoms with Crippen LogP contribution in [0.3, 0.4) is 0 Å². The molecule has 1 aliphatic carbocycles. The number of hydrogen-bond acceptors (Lipinski definition) is 5. The van der Waals surface area contributed by atoms with Gasteiger partial charge in [-0.3, -0.25) is 4.79 Å². The lowest BCUT2D eigenvalue weighted by atomic mass is 10.3. The average Bonchev–Trinajstić information content (AvgIpc) is 3.12. The summed E-state index contributed by atoms with van der Waals surface area (Å²) >= 11 is 1.21. The monoisotopic (exact) mass is 406 g/mol. The van der Waals surface area contributed by atoms with Crippen molar-refractivity contribution in [2.24, 2.45) is 5.92 Å². The van der Waals surface area contributed by atoms with Gasteiger partial charge >= 0.3 is 0 Å². The molecule has 1 amide bonds. The number of sulfonamides is 1. The third-order valence-electron chi connectivity index (χ3n) is 5.15. The highest BCUT2D eigenvalue weighted by atomic mass is 32.2. The molecule has 2 aromatic rings. The summed E-state index contributed by atoms with van der Waals surface area (Å²) in [5.74, 6) is 2.73. The van der Waals surface area contributed by atoms with Crippen molar-refractivity contribution in [1.82, 2.24) is 9.21 Å². The van der Waals surface area contributed by atoms with Gasteiger partial charge < -0.3 is 9.32 Å². The van der Waals surface area contributed by atoms with Crippen LogP contribution in [-0.4, -0.2) is 49.7 Å². The number of thiophene rings is 1. The fraction of sp³-hybridized carbons (Fsp3) is 0.421. The number of nitrogens with zero attached hydrogens (tertiary/aromatic N) is 2. The maximum Gasteiger partial charge on any atom is 0.252 e. The van der Waals surface area contributed by atoms with E-state index in [-0.39, 0.29) is 5.91 Å². The number of hydrogen-bond donors (Lipinski definition) is 0. The molecule has 3 heterocycles. The SMILES string of the molecule is C[C@H]1C[C@@H]1c1ccc(/C=C/C(=O)N2CCN(S(=O)(=O)c3cccs3)CC2)o1. The maximum atomic E-state index is 12.5. The van der Waals surface area contributed by atoms with E-state index in [2.05, 4.69) is 6.92 Å². The Balaban J connectivity index is 1.33. The van der Waals surface area contributed by atoms with E-state index >= 15 is 0 Å². The molecule has 0 bridgehead atoms. The van der Waals surface area contributed by atoms with Gasteiger partial charge in [0.25, 0.3) is 10.0 Å². The highest BCUT2D eigenvalue weighted by Gasteiger charge is 2.36. The Morgan fingerprint density at radius 2 is 1.96 bits per heavy atom. The second kappa shape index (κ2) is 7.26. The zero-order valence-electron chi connectivity index (χ0n) is 15.1. The largest absolute Gasteiger partial charge is 0.461 e. The molecule has 0 radical (unpaired) electrons. The number of piperazine rings is 1. The molecule has 27 heavy (non-hydrogen) atoms. The second-order valence-electron chi connectivity index (χ2n) is 7.05. The standard InChI is InChI=1S/C19H22N2O4S2/c1-14-13-16(14)17-6-4-15(25-17)5-7-18(22)20-8-10-21(11-9-20)27(23,24)19-3-2-12-26-19/h2-7,12,14,16H,8-11,13H2,1H3/b7-5+/t14-,16-/m0/s1. The maximum absolute atomic E-state index is 12.5. The van der Waals surface area contributed by atoms with Gasteiger partial charge in [0.15, 0.2) is 0 Å². The topological polar surface area (TPSA) is 70.8 Å². The van der Waals surface area contributed by atoms with Crippen LogP contribution in [-0.2, 0) is 14.8 Å². The van der Waals surface area contributed by atoms with Crippen molar-refractivity contribution in [3.63, 3.8) is 0 Å². The van der Waals surface area contributed by atoms with Gasteiger partial charge in [0.1, 0.15) is 15.7 Å². The number of amides is 1. The molecule has 2 aromatic heterocycles. The van der Waals surface area contributed by atoms with Crippen LogP contribution in [0.4, 0.5) is 0 Å². The quantitative estimate of drug-likeness (QED) is 0.716. The smallest absolute Gasteiger partial charge is 0.252 e. The summed E-state index contributed by atoms with van der Waals surface area (Å²) in [4.78, 5) is 14.1. The molecule has 144 valence electrons. The summed E-state index contributed by atoms with van der Waals surface area (Å²) in [6.45, 7) is 3.59.